The van der Waals surface area contributed by atoms with Gasteiger partial charge in [0.2, 0.25) is 0 Å². The van der Waals surface area contributed by atoms with Crippen LogP contribution in [0, 0.1) is 0 Å². The first kappa shape index (κ1) is 11.6. The van der Waals surface area contributed by atoms with E-state index in [0.717, 1.165) is 35.3 Å². The van der Waals surface area contributed by atoms with Crippen molar-refractivity contribution in [3.05, 3.63) is 16.3 Å². The molecule has 1 saturated carbocycles. The van der Waals surface area contributed by atoms with E-state index < -0.39 is 0 Å². The maximum Gasteiger partial charge on any atom is 0.261 e. The molecule has 1 unspecified atom stereocenters. The average Bonchev–Trinajstić information content (AvgIpc) is 2.90. The molecule has 2 fully saturated rings. The second-order valence-electron chi connectivity index (χ2n) is 4.85. The highest BCUT2D eigenvalue weighted by molar-refractivity contribution is 7.80. The molecule has 0 aromatic carbocycles. The smallest absolute Gasteiger partial charge is 0.261 e. The highest BCUT2D eigenvalue weighted by atomic mass is 32.1. The van der Waals surface area contributed by atoms with Crippen molar-refractivity contribution in [3.8, 4) is 0 Å². The number of likely N-dealkylation sites (tertiary alicyclic amines) is 1. The number of rotatable bonds is 3. The standard InChI is InChI=1S/C12H16N2OS2/c15-12(11-5-10(16)7-17-11)13-8-3-4-14(6-8)9-1-2-9/h5,7-9,16H,1-4,6H2,(H,13,15). The third-order valence-electron chi connectivity index (χ3n) is 3.43. The molecule has 1 N–H and O–H groups in total. The van der Waals surface area contributed by atoms with E-state index >= 15 is 0 Å². The second kappa shape index (κ2) is 4.63. The first-order chi connectivity index (χ1) is 8.22. The number of nitrogens with zero attached hydrogens (tertiary/aromatic N) is 1. The molecule has 1 atom stereocenters. The molecule has 0 bridgehead atoms. The summed E-state index contributed by atoms with van der Waals surface area (Å²) >= 11 is 5.68. The molecule has 5 heteroatoms. The van der Waals surface area contributed by atoms with Crippen molar-refractivity contribution >= 4 is 29.9 Å². The molecule has 2 heterocycles. The van der Waals surface area contributed by atoms with Crippen LogP contribution in [-0.4, -0.2) is 36.0 Å². The normalized spacial score (nSPS) is 25.1. The number of nitrogens with one attached hydrogen (secondary N) is 1. The van der Waals surface area contributed by atoms with E-state index in [2.05, 4.69) is 22.8 Å². The van der Waals surface area contributed by atoms with E-state index in [0.29, 0.717) is 6.04 Å². The number of hydrogen-bond donors (Lipinski definition) is 2. The van der Waals surface area contributed by atoms with E-state index in [9.17, 15) is 4.79 Å². The number of thiophene rings is 1. The minimum absolute atomic E-state index is 0.0537. The van der Waals surface area contributed by atoms with Gasteiger partial charge in [0, 0.05) is 35.4 Å². The topological polar surface area (TPSA) is 32.3 Å². The zero-order chi connectivity index (χ0) is 11.8. The van der Waals surface area contributed by atoms with Gasteiger partial charge in [0.05, 0.1) is 4.88 Å². The molecule has 3 nitrogen and oxygen atoms in total. The van der Waals surface area contributed by atoms with Crippen LogP contribution in [0.25, 0.3) is 0 Å². The Balaban J connectivity index is 1.55. The van der Waals surface area contributed by atoms with Gasteiger partial charge in [0.15, 0.2) is 0 Å². The highest BCUT2D eigenvalue weighted by Gasteiger charge is 2.34. The Morgan fingerprint density at radius 1 is 1.47 bits per heavy atom. The van der Waals surface area contributed by atoms with Gasteiger partial charge in [0.25, 0.3) is 5.91 Å². The lowest BCUT2D eigenvalue weighted by Gasteiger charge is -2.15. The fourth-order valence-electron chi connectivity index (χ4n) is 2.38. The lowest BCUT2D eigenvalue weighted by Crippen LogP contribution is -2.37. The lowest BCUT2D eigenvalue weighted by atomic mass is 10.2. The van der Waals surface area contributed by atoms with Crippen LogP contribution in [-0.2, 0) is 0 Å². The molecule has 2 aliphatic rings. The molecular weight excluding hydrogens is 252 g/mol. The predicted octanol–water partition coefficient (Wildman–Crippen LogP) is 2.00. The van der Waals surface area contributed by atoms with Gasteiger partial charge in [-0.15, -0.1) is 24.0 Å². The van der Waals surface area contributed by atoms with Crippen LogP contribution >= 0.6 is 24.0 Å². The third-order valence-corrected chi connectivity index (χ3v) is 4.79. The van der Waals surface area contributed by atoms with Gasteiger partial charge in [-0.25, -0.2) is 0 Å². The molecule has 1 saturated heterocycles. The summed E-state index contributed by atoms with van der Waals surface area (Å²) in [6, 6.07) is 2.97. The third kappa shape index (κ3) is 2.67. The van der Waals surface area contributed by atoms with Crippen molar-refractivity contribution in [1.82, 2.24) is 10.2 Å². The molecule has 1 aromatic rings. The molecule has 3 rings (SSSR count). The van der Waals surface area contributed by atoms with Crippen LogP contribution in [0.4, 0.5) is 0 Å². The first-order valence-electron chi connectivity index (χ1n) is 6.05. The summed E-state index contributed by atoms with van der Waals surface area (Å²) in [5, 5.41) is 5.01. The quantitative estimate of drug-likeness (QED) is 0.822. The van der Waals surface area contributed by atoms with Crippen LogP contribution in [0.1, 0.15) is 28.9 Å². The van der Waals surface area contributed by atoms with Crippen LogP contribution < -0.4 is 5.32 Å². The van der Waals surface area contributed by atoms with Gasteiger partial charge in [-0.3, -0.25) is 9.69 Å². The van der Waals surface area contributed by atoms with E-state index in [1.807, 2.05) is 11.4 Å². The van der Waals surface area contributed by atoms with Crippen LogP contribution in [0.2, 0.25) is 0 Å². The molecule has 1 aromatic heterocycles. The van der Waals surface area contributed by atoms with Gasteiger partial charge in [-0.05, 0) is 25.3 Å². The van der Waals surface area contributed by atoms with Gasteiger partial charge in [-0.2, -0.15) is 0 Å². The van der Waals surface area contributed by atoms with Crippen molar-refractivity contribution in [2.75, 3.05) is 13.1 Å². The Hall–Kier alpha value is -0.520. The summed E-state index contributed by atoms with van der Waals surface area (Å²) in [6.07, 6.45) is 3.77. The van der Waals surface area contributed by atoms with E-state index in [1.54, 1.807) is 0 Å². The number of thiol groups is 1. The minimum atomic E-state index is 0.0537. The Morgan fingerprint density at radius 3 is 2.94 bits per heavy atom. The van der Waals surface area contributed by atoms with Crippen molar-refractivity contribution in [2.24, 2.45) is 0 Å². The minimum Gasteiger partial charge on any atom is -0.347 e. The summed E-state index contributed by atoms with van der Waals surface area (Å²) in [5.41, 5.74) is 0. The fourth-order valence-corrected chi connectivity index (χ4v) is 3.43. The molecule has 92 valence electrons. The van der Waals surface area contributed by atoms with Crippen LogP contribution in [0.3, 0.4) is 0 Å². The molecular formula is C12H16N2OS2. The van der Waals surface area contributed by atoms with Gasteiger partial charge < -0.3 is 5.32 Å². The SMILES string of the molecule is O=C(NC1CCN(C2CC2)C1)c1cc(S)cs1. The Labute approximate surface area is 111 Å². The number of carbonyl (C=O) groups excluding carboxylic acids is 1. The molecule has 1 aliphatic carbocycles. The Bertz CT molecular complexity index is 428. The number of amides is 1. The first-order valence-corrected chi connectivity index (χ1v) is 7.37. The Morgan fingerprint density at radius 2 is 2.29 bits per heavy atom. The maximum absolute atomic E-state index is 12.0. The van der Waals surface area contributed by atoms with Gasteiger partial charge in [-0.1, -0.05) is 0 Å². The van der Waals surface area contributed by atoms with E-state index in [4.69, 9.17) is 0 Å². The van der Waals surface area contributed by atoms with Crippen molar-refractivity contribution in [2.45, 2.75) is 36.2 Å². The monoisotopic (exact) mass is 268 g/mol. The Kier molecular flexibility index (Phi) is 3.15. The predicted molar refractivity (Wildman–Crippen MR) is 72.0 cm³/mol. The van der Waals surface area contributed by atoms with Crippen LogP contribution in [0.5, 0.6) is 0 Å². The van der Waals surface area contributed by atoms with Crippen molar-refractivity contribution in [1.29, 1.82) is 0 Å². The van der Waals surface area contributed by atoms with E-state index in [-0.39, 0.29) is 5.91 Å². The number of hydrogen-bond acceptors (Lipinski definition) is 4. The van der Waals surface area contributed by atoms with Crippen LogP contribution in [0.15, 0.2) is 16.3 Å². The largest absolute Gasteiger partial charge is 0.347 e. The zero-order valence-corrected chi connectivity index (χ0v) is 11.3. The average molecular weight is 268 g/mol. The molecule has 1 amide bonds. The van der Waals surface area contributed by atoms with Crippen molar-refractivity contribution in [3.63, 3.8) is 0 Å². The zero-order valence-electron chi connectivity index (χ0n) is 9.56. The van der Waals surface area contributed by atoms with Crippen molar-refractivity contribution < 1.29 is 4.79 Å². The summed E-state index contributed by atoms with van der Waals surface area (Å²) in [4.78, 5) is 16.1. The fraction of sp³-hybridized carbons (Fsp3) is 0.583. The second-order valence-corrected chi connectivity index (χ2v) is 6.28. The highest BCUT2D eigenvalue weighted by Crippen LogP contribution is 2.30. The molecule has 0 spiro atoms. The summed E-state index contributed by atoms with van der Waals surface area (Å²) < 4.78 is 0. The summed E-state index contributed by atoms with van der Waals surface area (Å²) in [6.45, 7) is 2.16. The molecule has 17 heavy (non-hydrogen) atoms. The van der Waals surface area contributed by atoms with Gasteiger partial charge in [0.1, 0.15) is 0 Å². The number of carbonyl (C=O) groups is 1. The molecule has 1 aliphatic heterocycles. The maximum atomic E-state index is 12.0. The van der Waals surface area contributed by atoms with Gasteiger partial charge >= 0.3 is 0 Å². The molecule has 0 radical (unpaired) electrons. The summed E-state index contributed by atoms with van der Waals surface area (Å²) in [7, 11) is 0. The lowest BCUT2D eigenvalue weighted by molar-refractivity contribution is 0.0941. The van der Waals surface area contributed by atoms with E-state index in [1.165, 1.54) is 24.2 Å². The summed E-state index contributed by atoms with van der Waals surface area (Å²) in [5.74, 6) is 0.0537.